The second-order valence-corrected chi connectivity index (χ2v) is 17.7. The molecule has 0 aromatic heterocycles. The van der Waals surface area contributed by atoms with Gasteiger partial charge in [0.2, 0.25) is 5.79 Å². The summed E-state index contributed by atoms with van der Waals surface area (Å²) in [6.45, 7) is 9.92. The number of carbonyl (C=O) groups is 4. The first kappa shape index (κ1) is 49.9. The molecule has 4 aliphatic rings. The molecule has 11 unspecified atom stereocenters. The number of aliphatic hydroxyl groups excluding tert-OH is 3. The fourth-order valence-corrected chi connectivity index (χ4v) is 8.20. The summed E-state index contributed by atoms with van der Waals surface area (Å²) in [4.78, 5) is 52.0. The number of allylic oxidation sites excluding steroid dienone is 3. The lowest BCUT2D eigenvalue weighted by Crippen LogP contribution is -2.62. The van der Waals surface area contributed by atoms with Gasteiger partial charge in [-0.3, -0.25) is 4.79 Å². The predicted octanol–water partition coefficient (Wildman–Crippen LogP) is 3.71. The van der Waals surface area contributed by atoms with Gasteiger partial charge < -0.3 is 58.7 Å². The Labute approximate surface area is 358 Å². The van der Waals surface area contributed by atoms with E-state index in [0.29, 0.717) is 5.57 Å². The van der Waals surface area contributed by atoms with Crippen LogP contribution in [0.25, 0.3) is 0 Å². The number of hydrogen-bond donors (Lipinski definition) is 5. The van der Waals surface area contributed by atoms with Crippen molar-refractivity contribution in [2.45, 2.75) is 172 Å². The van der Waals surface area contributed by atoms with Crippen LogP contribution in [0.3, 0.4) is 0 Å². The van der Waals surface area contributed by atoms with E-state index in [-0.39, 0.29) is 50.5 Å². The lowest BCUT2D eigenvalue weighted by Gasteiger charge is -2.53. The van der Waals surface area contributed by atoms with Gasteiger partial charge >= 0.3 is 23.9 Å². The van der Waals surface area contributed by atoms with Crippen LogP contribution in [0.4, 0.5) is 0 Å². The average Bonchev–Trinajstić information content (AvgIpc) is 3.16. The van der Waals surface area contributed by atoms with E-state index in [0.717, 1.165) is 18.9 Å². The minimum atomic E-state index is -2.45. The maximum absolute atomic E-state index is 13.4. The van der Waals surface area contributed by atoms with Crippen LogP contribution in [-0.4, -0.2) is 130 Å². The average molecular weight is 863 g/mol. The van der Waals surface area contributed by atoms with E-state index in [4.69, 9.17) is 33.2 Å². The summed E-state index contributed by atoms with van der Waals surface area (Å²) in [6, 6.07) is 0. The molecule has 0 aromatic carbocycles. The van der Waals surface area contributed by atoms with Gasteiger partial charge in [-0.1, -0.05) is 77.0 Å². The molecule has 4 heterocycles. The van der Waals surface area contributed by atoms with Crippen LogP contribution in [-0.2, 0) is 52.3 Å². The van der Waals surface area contributed by atoms with E-state index in [1.165, 1.54) is 39.4 Å². The molecule has 3 fully saturated rings. The molecule has 0 aliphatic carbocycles. The van der Waals surface area contributed by atoms with Gasteiger partial charge in [0.1, 0.15) is 6.10 Å². The van der Waals surface area contributed by atoms with Gasteiger partial charge in [-0.05, 0) is 38.2 Å². The molecule has 6 bridgehead atoms. The Morgan fingerprint density at radius 3 is 2.23 bits per heavy atom. The number of esters is 4. The highest BCUT2D eigenvalue weighted by molar-refractivity contribution is 5.84. The van der Waals surface area contributed by atoms with Crippen molar-refractivity contribution < 1.29 is 77.9 Å². The van der Waals surface area contributed by atoms with Crippen molar-refractivity contribution >= 4 is 23.9 Å². The van der Waals surface area contributed by atoms with Gasteiger partial charge in [0.15, 0.2) is 11.9 Å². The molecule has 4 aliphatic heterocycles. The zero-order valence-electron chi connectivity index (χ0n) is 36.6. The second-order valence-electron chi connectivity index (χ2n) is 17.7. The summed E-state index contributed by atoms with van der Waals surface area (Å²) in [7, 11) is 2.41. The normalized spacial score (nSPS) is 37.1. The standard InChI is InChI=1S/C45H66O16/c1-9-10-11-12-13-14-37(49)59-41-29(21-39(51)56-8)20-32-24-35(27(2)46)58-40(52)23-30(47)22-33-25-36(48)43(5,6)44(53,60-33)26-34-18-28(19-38(50)55-7)17-31(57-34)15-16-42(3,4)45(41,54)61-32/h11-16,19,21,27,30-36,41,46-48,53-54H,9-10,17-18,20,22-26H2,1-8H3/b12-11+,14-13+,16-15+,28-19+,29-21+. The Hall–Kier alpha value is -3.74. The van der Waals surface area contributed by atoms with Gasteiger partial charge in [-0.25, -0.2) is 14.4 Å². The molecule has 0 amide bonds. The van der Waals surface area contributed by atoms with Crippen LogP contribution in [0.15, 0.2) is 59.8 Å². The minimum absolute atomic E-state index is 0.0448. The van der Waals surface area contributed by atoms with E-state index in [9.17, 15) is 44.7 Å². The Bertz CT molecular complexity index is 1710. The predicted molar refractivity (Wildman–Crippen MR) is 219 cm³/mol. The van der Waals surface area contributed by atoms with Crippen molar-refractivity contribution in [2.24, 2.45) is 10.8 Å². The monoisotopic (exact) mass is 862 g/mol. The van der Waals surface area contributed by atoms with Crippen LogP contribution in [0.5, 0.6) is 0 Å². The van der Waals surface area contributed by atoms with Crippen molar-refractivity contribution in [1.82, 2.24) is 0 Å². The highest BCUT2D eigenvalue weighted by atomic mass is 16.7. The van der Waals surface area contributed by atoms with Gasteiger partial charge in [0.25, 0.3) is 0 Å². The summed E-state index contributed by atoms with van der Waals surface area (Å²) in [5, 5.41) is 58.3. The minimum Gasteiger partial charge on any atom is -0.466 e. The first-order valence-corrected chi connectivity index (χ1v) is 21.0. The summed E-state index contributed by atoms with van der Waals surface area (Å²) >= 11 is 0. The third kappa shape index (κ3) is 12.7. The van der Waals surface area contributed by atoms with E-state index in [1.54, 1.807) is 45.9 Å². The van der Waals surface area contributed by atoms with E-state index in [1.807, 2.05) is 13.0 Å². The SMILES string of the molecule is CCC/C=C/C=C/C(=O)OC1/C(=C/C(=O)OC)CC2CC(C(C)O)OC(=O)CC(O)CC3CC(O)C(C)(C)C(O)(CC4C/C(=C/C(=O)OC)CC(/C=C/C(C)(C)C1(O)O2)O4)O3. The maximum atomic E-state index is 13.4. The molecule has 0 aromatic rings. The van der Waals surface area contributed by atoms with E-state index >= 15 is 0 Å². The number of unbranched alkanes of at least 4 members (excludes halogenated alkanes) is 1. The first-order chi connectivity index (χ1) is 28.6. The molecule has 4 rings (SSSR count). The number of hydrogen-bond acceptors (Lipinski definition) is 16. The van der Waals surface area contributed by atoms with Gasteiger partial charge in [-0.2, -0.15) is 0 Å². The molecular weight excluding hydrogens is 796 g/mol. The summed E-state index contributed by atoms with van der Waals surface area (Å²) in [6.07, 6.45) is 2.75. The van der Waals surface area contributed by atoms with Crippen molar-refractivity contribution in [3.05, 3.63) is 59.8 Å². The van der Waals surface area contributed by atoms with Crippen molar-refractivity contribution in [3.63, 3.8) is 0 Å². The van der Waals surface area contributed by atoms with Gasteiger partial charge in [0.05, 0.1) is 63.4 Å². The third-order valence-corrected chi connectivity index (χ3v) is 12.1. The number of methoxy groups -OCH3 is 2. The smallest absolute Gasteiger partial charge is 0.331 e. The van der Waals surface area contributed by atoms with E-state index < -0.39 is 108 Å². The molecule has 16 heteroatoms. The Kier molecular flexibility index (Phi) is 17.3. The molecule has 0 saturated carbocycles. The molecule has 3 saturated heterocycles. The fourth-order valence-electron chi connectivity index (χ4n) is 8.20. The maximum Gasteiger partial charge on any atom is 0.331 e. The lowest BCUT2D eigenvalue weighted by molar-refractivity contribution is -0.348. The van der Waals surface area contributed by atoms with E-state index in [2.05, 4.69) is 0 Å². The summed E-state index contributed by atoms with van der Waals surface area (Å²) in [5.41, 5.74) is -2.00. The number of aliphatic hydroxyl groups is 5. The van der Waals surface area contributed by atoms with Crippen LogP contribution in [0.2, 0.25) is 0 Å². The Morgan fingerprint density at radius 2 is 1.57 bits per heavy atom. The summed E-state index contributed by atoms with van der Waals surface area (Å²) < 4.78 is 40.7. The highest BCUT2D eigenvalue weighted by Crippen LogP contribution is 2.49. The second kappa shape index (κ2) is 21.1. The lowest BCUT2D eigenvalue weighted by atomic mass is 9.70. The number of carbonyl (C=O) groups excluding carboxylic acids is 4. The third-order valence-electron chi connectivity index (χ3n) is 12.1. The van der Waals surface area contributed by atoms with Crippen LogP contribution in [0.1, 0.15) is 106 Å². The topological polar surface area (TPSA) is 234 Å². The zero-order valence-corrected chi connectivity index (χ0v) is 36.6. The van der Waals surface area contributed by atoms with Crippen molar-refractivity contribution in [3.8, 4) is 0 Å². The molecule has 16 nitrogen and oxygen atoms in total. The molecule has 5 N–H and O–H groups in total. The zero-order chi connectivity index (χ0) is 45.3. The molecule has 0 radical (unpaired) electrons. The Balaban J connectivity index is 1.87. The quantitative estimate of drug-likeness (QED) is 0.0770. The molecule has 61 heavy (non-hydrogen) atoms. The van der Waals surface area contributed by atoms with Crippen LogP contribution >= 0.6 is 0 Å². The van der Waals surface area contributed by atoms with Crippen molar-refractivity contribution in [1.29, 1.82) is 0 Å². The highest BCUT2D eigenvalue weighted by Gasteiger charge is 2.59. The molecule has 0 spiro atoms. The molecular formula is C45H66O16. The fraction of sp³-hybridized carbons (Fsp3) is 0.689. The van der Waals surface area contributed by atoms with Crippen LogP contribution < -0.4 is 0 Å². The number of ether oxygens (including phenoxy) is 7. The van der Waals surface area contributed by atoms with Gasteiger partial charge in [-0.15, -0.1) is 0 Å². The largest absolute Gasteiger partial charge is 0.466 e. The molecule has 342 valence electrons. The first-order valence-electron chi connectivity index (χ1n) is 21.0. The number of rotatable bonds is 8. The number of fused-ring (bicyclic) bond motifs is 6. The summed E-state index contributed by atoms with van der Waals surface area (Å²) in [5.74, 6) is -7.61. The van der Waals surface area contributed by atoms with Crippen LogP contribution in [0, 0.1) is 10.8 Å². The van der Waals surface area contributed by atoms with Gasteiger partial charge in [0, 0.05) is 54.7 Å². The number of cyclic esters (lactones) is 1. The Morgan fingerprint density at radius 1 is 0.885 bits per heavy atom. The molecule has 11 atom stereocenters. The van der Waals surface area contributed by atoms with Crippen molar-refractivity contribution in [2.75, 3.05) is 14.2 Å².